The normalized spacial score (nSPS) is 25.2. The fraction of sp³-hybridized carbons (Fsp3) is 0.571. The third-order valence-corrected chi connectivity index (χ3v) is 6.02. The average molecular weight is 333 g/mol. The second kappa shape index (κ2) is 6.12. The van der Waals surface area contributed by atoms with Crippen LogP contribution in [0.4, 0.5) is 0 Å². The fourth-order valence-electron chi connectivity index (χ4n) is 3.06. The first-order valence-corrected chi connectivity index (χ1v) is 8.48. The number of nitrogens with two attached hydrogens (primary N) is 1. The Labute approximate surface area is 131 Å². The Balaban J connectivity index is 0.00000161. The SMILES string of the molecule is CC1Cc2cc(S(=O)(=O)N3CCCC3CN)ccc2O1.Cl. The third kappa shape index (κ3) is 2.90. The van der Waals surface area contributed by atoms with Crippen molar-refractivity contribution in [3.63, 3.8) is 0 Å². The van der Waals surface area contributed by atoms with Gasteiger partial charge >= 0.3 is 0 Å². The van der Waals surface area contributed by atoms with Crippen LogP contribution < -0.4 is 10.5 Å². The van der Waals surface area contributed by atoms with Crippen molar-refractivity contribution >= 4 is 22.4 Å². The molecule has 1 fully saturated rings. The van der Waals surface area contributed by atoms with Crippen LogP contribution in [-0.2, 0) is 16.4 Å². The van der Waals surface area contributed by atoms with Crippen molar-refractivity contribution in [3.05, 3.63) is 23.8 Å². The van der Waals surface area contributed by atoms with Crippen LogP contribution >= 0.6 is 12.4 Å². The first-order valence-electron chi connectivity index (χ1n) is 7.04. The number of benzene rings is 1. The molecule has 118 valence electrons. The van der Waals surface area contributed by atoms with Crippen LogP contribution in [0.3, 0.4) is 0 Å². The Morgan fingerprint density at radius 2 is 2.19 bits per heavy atom. The molecule has 5 nitrogen and oxygen atoms in total. The predicted molar refractivity (Wildman–Crippen MR) is 83.5 cm³/mol. The molecular weight excluding hydrogens is 312 g/mol. The fourth-order valence-corrected chi connectivity index (χ4v) is 4.81. The monoisotopic (exact) mass is 332 g/mol. The van der Waals surface area contributed by atoms with E-state index in [4.69, 9.17) is 10.5 Å². The summed E-state index contributed by atoms with van der Waals surface area (Å²) in [6.07, 6.45) is 2.61. The van der Waals surface area contributed by atoms with Crippen molar-refractivity contribution in [2.45, 2.75) is 43.2 Å². The van der Waals surface area contributed by atoms with Crippen LogP contribution in [0.15, 0.2) is 23.1 Å². The van der Waals surface area contributed by atoms with E-state index in [1.54, 1.807) is 22.5 Å². The first kappa shape index (κ1) is 16.5. The Bertz CT molecular complexity index is 621. The highest BCUT2D eigenvalue weighted by Gasteiger charge is 2.35. The van der Waals surface area contributed by atoms with Crippen LogP contribution in [0.25, 0.3) is 0 Å². The number of rotatable bonds is 3. The lowest BCUT2D eigenvalue weighted by atomic mass is 10.1. The molecule has 0 aliphatic carbocycles. The van der Waals surface area contributed by atoms with Gasteiger partial charge in [-0.2, -0.15) is 4.31 Å². The summed E-state index contributed by atoms with van der Waals surface area (Å²) in [5, 5.41) is 0. The minimum Gasteiger partial charge on any atom is -0.490 e. The van der Waals surface area contributed by atoms with E-state index in [0.29, 0.717) is 18.0 Å². The summed E-state index contributed by atoms with van der Waals surface area (Å²) in [5.74, 6) is 0.799. The molecule has 3 rings (SSSR count). The highest BCUT2D eigenvalue weighted by atomic mass is 35.5. The Morgan fingerprint density at radius 3 is 2.90 bits per heavy atom. The van der Waals surface area contributed by atoms with E-state index >= 15 is 0 Å². The van der Waals surface area contributed by atoms with Crippen molar-refractivity contribution in [3.8, 4) is 5.75 Å². The number of nitrogens with zero attached hydrogens (tertiary/aromatic N) is 1. The maximum atomic E-state index is 12.7. The summed E-state index contributed by atoms with van der Waals surface area (Å²) in [4.78, 5) is 0.356. The molecule has 0 bridgehead atoms. The maximum Gasteiger partial charge on any atom is 0.243 e. The highest BCUT2D eigenvalue weighted by molar-refractivity contribution is 7.89. The minimum atomic E-state index is -3.44. The summed E-state index contributed by atoms with van der Waals surface area (Å²) in [6, 6.07) is 5.08. The standard InChI is InChI=1S/C14H20N2O3S.ClH/c1-10-7-11-8-13(4-5-14(11)19-10)20(17,18)16-6-2-3-12(16)9-15;/h4-5,8,10,12H,2-3,6-7,9,15H2,1H3;1H. The number of ether oxygens (including phenoxy) is 1. The van der Waals surface area contributed by atoms with E-state index in [0.717, 1.165) is 30.6 Å². The summed E-state index contributed by atoms with van der Waals surface area (Å²) in [7, 11) is -3.44. The molecule has 0 aromatic heterocycles. The zero-order chi connectivity index (χ0) is 14.3. The van der Waals surface area contributed by atoms with Crippen LogP contribution in [0.5, 0.6) is 5.75 Å². The largest absolute Gasteiger partial charge is 0.490 e. The smallest absolute Gasteiger partial charge is 0.243 e. The number of halogens is 1. The third-order valence-electron chi connectivity index (χ3n) is 4.07. The van der Waals surface area contributed by atoms with E-state index in [9.17, 15) is 8.42 Å². The second-order valence-corrected chi connectivity index (χ2v) is 7.44. The van der Waals surface area contributed by atoms with E-state index in [1.165, 1.54) is 0 Å². The zero-order valence-electron chi connectivity index (χ0n) is 12.0. The van der Waals surface area contributed by atoms with Crippen molar-refractivity contribution in [1.82, 2.24) is 4.31 Å². The molecule has 2 heterocycles. The summed E-state index contributed by atoms with van der Waals surface area (Å²) in [5.41, 5.74) is 6.66. The van der Waals surface area contributed by atoms with Gasteiger partial charge in [0.1, 0.15) is 11.9 Å². The zero-order valence-corrected chi connectivity index (χ0v) is 13.6. The van der Waals surface area contributed by atoms with Crippen LogP contribution in [-0.4, -0.2) is 38.0 Å². The lowest BCUT2D eigenvalue weighted by Gasteiger charge is -2.23. The lowest BCUT2D eigenvalue weighted by molar-refractivity contribution is 0.254. The molecule has 0 spiro atoms. The number of sulfonamides is 1. The van der Waals surface area contributed by atoms with Gasteiger partial charge in [0.2, 0.25) is 10.0 Å². The van der Waals surface area contributed by atoms with Crippen molar-refractivity contribution in [2.24, 2.45) is 5.73 Å². The number of fused-ring (bicyclic) bond motifs is 1. The summed E-state index contributed by atoms with van der Waals surface area (Å²) < 4.78 is 32.6. The van der Waals surface area contributed by atoms with Crippen LogP contribution in [0.2, 0.25) is 0 Å². The number of hydrogen-bond acceptors (Lipinski definition) is 4. The molecule has 1 aromatic rings. The molecule has 0 saturated carbocycles. The van der Waals surface area contributed by atoms with E-state index in [1.807, 2.05) is 6.92 Å². The molecule has 0 radical (unpaired) electrons. The van der Waals surface area contributed by atoms with Crippen LogP contribution in [0, 0.1) is 0 Å². The highest BCUT2D eigenvalue weighted by Crippen LogP contribution is 2.33. The molecule has 2 aliphatic heterocycles. The Morgan fingerprint density at radius 1 is 1.43 bits per heavy atom. The molecule has 2 aliphatic rings. The molecule has 1 saturated heterocycles. The van der Waals surface area contributed by atoms with Gasteiger partial charge in [0, 0.05) is 25.6 Å². The Kier molecular flexibility index (Phi) is 4.82. The molecule has 7 heteroatoms. The van der Waals surface area contributed by atoms with Crippen molar-refractivity contribution in [1.29, 1.82) is 0 Å². The van der Waals surface area contributed by atoms with Gasteiger partial charge in [-0.05, 0) is 43.5 Å². The van der Waals surface area contributed by atoms with Crippen molar-refractivity contribution < 1.29 is 13.2 Å². The summed E-state index contributed by atoms with van der Waals surface area (Å²) >= 11 is 0. The van der Waals surface area contributed by atoms with Gasteiger partial charge in [-0.15, -0.1) is 12.4 Å². The van der Waals surface area contributed by atoms with Gasteiger partial charge in [0.25, 0.3) is 0 Å². The van der Waals surface area contributed by atoms with E-state index < -0.39 is 10.0 Å². The molecule has 2 N–H and O–H groups in total. The number of hydrogen-bond donors (Lipinski definition) is 1. The Hall–Kier alpha value is -0.820. The average Bonchev–Trinajstić information content (AvgIpc) is 3.02. The maximum absolute atomic E-state index is 12.7. The predicted octanol–water partition coefficient (Wildman–Crippen LogP) is 1.54. The van der Waals surface area contributed by atoms with E-state index in [-0.39, 0.29) is 24.6 Å². The molecule has 21 heavy (non-hydrogen) atoms. The minimum absolute atomic E-state index is 0. The van der Waals surface area contributed by atoms with Gasteiger partial charge in [0.05, 0.1) is 4.90 Å². The van der Waals surface area contributed by atoms with Gasteiger partial charge < -0.3 is 10.5 Å². The van der Waals surface area contributed by atoms with E-state index in [2.05, 4.69) is 0 Å². The first-order chi connectivity index (χ1) is 9.52. The molecule has 1 aromatic carbocycles. The molecule has 2 atom stereocenters. The molecular formula is C14H21ClN2O3S. The van der Waals surface area contributed by atoms with Gasteiger partial charge in [-0.3, -0.25) is 0 Å². The van der Waals surface area contributed by atoms with Gasteiger partial charge in [-0.25, -0.2) is 8.42 Å². The molecule has 0 amide bonds. The second-order valence-electron chi connectivity index (χ2n) is 5.55. The van der Waals surface area contributed by atoms with Gasteiger partial charge in [-0.1, -0.05) is 0 Å². The quantitative estimate of drug-likeness (QED) is 0.911. The summed E-state index contributed by atoms with van der Waals surface area (Å²) in [6.45, 7) is 2.93. The topological polar surface area (TPSA) is 72.6 Å². The van der Waals surface area contributed by atoms with Crippen molar-refractivity contribution in [2.75, 3.05) is 13.1 Å². The lowest BCUT2D eigenvalue weighted by Crippen LogP contribution is -2.39. The van der Waals surface area contributed by atoms with Gasteiger partial charge in [0.15, 0.2) is 0 Å². The van der Waals surface area contributed by atoms with Crippen LogP contribution in [0.1, 0.15) is 25.3 Å². The molecule has 2 unspecified atom stereocenters.